The van der Waals surface area contributed by atoms with Gasteiger partial charge in [-0.1, -0.05) is 35.9 Å². The zero-order valence-electron chi connectivity index (χ0n) is 14.3. The van der Waals surface area contributed by atoms with Crippen molar-refractivity contribution in [3.05, 3.63) is 94.5 Å². The molecule has 2 amide bonds. The maximum absolute atomic E-state index is 12.3. The van der Waals surface area contributed by atoms with E-state index in [9.17, 15) is 9.59 Å². The largest absolute Gasteiger partial charge is 0.488 e. The maximum atomic E-state index is 12.3. The summed E-state index contributed by atoms with van der Waals surface area (Å²) in [6.45, 7) is 0.231. The first-order valence-corrected chi connectivity index (χ1v) is 8.58. The van der Waals surface area contributed by atoms with Crippen molar-refractivity contribution in [3.63, 3.8) is 0 Å². The first-order chi connectivity index (χ1) is 13.0. The molecule has 6 heteroatoms. The Morgan fingerprint density at radius 1 is 0.963 bits per heavy atom. The number of amides is 2. The van der Waals surface area contributed by atoms with Gasteiger partial charge in [0.05, 0.1) is 5.56 Å². The molecule has 0 saturated carbocycles. The Kier molecular flexibility index (Phi) is 5.74. The van der Waals surface area contributed by atoms with Gasteiger partial charge in [0.2, 0.25) is 0 Å². The lowest BCUT2D eigenvalue weighted by Crippen LogP contribution is -2.13. The van der Waals surface area contributed by atoms with Crippen molar-refractivity contribution < 1.29 is 14.3 Å². The van der Waals surface area contributed by atoms with E-state index in [-0.39, 0.29) is 12.5 Å². The van der Waals surface area contributed by atoms with Crippen LogP contribution in [0.15, 0.2) is 72.8 Å². The van der Waals surface area contributed by atoms with Gasteiger partial charge in [-0.25, -0.2) is 0 Å². The second-order valence-electron chi connectivity index (χ2n) is 5.81. The van der Waals surface area contributed by atoms with Crippen LogP contribution in [0.4, 0.5) is 5.69 Å². The monoisotopic (exact) mass is 380 g/mol. The molecule has 0 heterocycles. The van der Waals surface area contributed by atoms with E-state index < -0.39 is 5.91 Å². The van der Waals surface area contributed by atoms with Crippen LogP contribution in [0.3, 0.4) is 0 Å². The topological polar surface area (TPSA) is 81.4 Å². The van der Waals surface area contributed by atoms with Crippen LogP contribution in [0.1, 0.15) is 26.3 Å². The number of para-hydroxylation sites is 1. The SMILES string of the molecule is NC(=O)c1ccccc1OCc1cccc(NC(=O)c2ccc(Cl)cc2)c1. The Morgan fingerprint density at radius 2 is 1.70 bits per heavy atom. The third-order valence-corrected chi connectivity index (χ3v) is 4.09. The van der Waals surface area contributed by atoms with Gasteiger partial charge in [0, 0.05) is 16.3 Å². The van der Waals surface area contributed by atoms with Crippen molar-refractivity contribution in [2.75, 3.05) is 5.32 Å². The highest BCUT2D eigenvalue weighted by atomic mass is 35.5. The fourth-order valence-corrected chi connectivity index (χ4v) is 2.63. The highest BCUT2D eigenvalue weighted by Gasteiger charge is 2.09. The lowest BCUT2D eigenvalue weighted by molar-refractivity contribution is 0.0993. The van der Waals surface area contributed by atoms with E-state index in [1.807, 2.05) is 12.1 Å². The molecule has 3 N–H and O–H groups in total. The number of carbonyl (C=O) groups is 2. The van der Waals surface area contributed by atoms with Crippen molar-refractivity contribution in [1.29, 1.82) is 0 Å². The van der Waals surface area contributed by atoms with Gasteiger partial charge in [-0.2, -0.15) is 0 Å². The Labute approximate surface area is 161 Å². The first-order valence-electron chi connectivity index (χ1n) is 8.20. The van der Waals surface area contributed by atoms with Crippen LogP contribution in [0.5, 0.6) is 5.75 Å². The van der Waals surface area contributed by atoms with Gasteiger partial charge >= 0.3 is 0 Å². The molecule has 0 unspecified atom stereocenters. The van der Waals surface area contributed by atoms with Gasteiger partial charge in [0.25, 0.3) is 11.8 Å². The quantitative estimate of drug-likeness (QED) is 0.670. The van der Waals surface area contributed by atoms with E-state index in [0.717, 1.165) is 5.56 Å². The number of nitrogens with one attached hydrogen (secondary N) is 1. The second-order valence-corrected chi connectivity index (χ2v) is 6.25. The molecule has 0 fully saturated rings. The number of hydrogen-bond donors (Lipinski definition) is 2. The van der Waals surface area contributed by atoms with Crippen LogP contribution < -0.4 is 15.8 Å². The zero-order chi connectivity index (χ0) is 19.2. The number of nitrogens with two attached hydrogens (primary N) is 1. The lowest BCUT2D eigenvalue weighted by Gasteiger charge is -2.11. The predicted octanol–water partition coefficient (Wildman–Crippen LogP) is 4.27. The highest BCUT2D eigenvalue weighted by molar-refractivity contribution is 6.30. The van der Waals surface area contributed by atoms with Gasteiger partial charge < -0.3 is 15.8 Å². The molecule has 0 atom stereocenters. The van der Waals surface area contributed by atoms with Gasteiger partial charge in [-0.3, -0.25) is 9.59 Å². The number of benzene rings is 3. The zero-order valence-corrected chi connectivity index (χ0v) is 15.1. The third kappa shape index (κ3) is 4.86. The number of anilines is 1. The summed E-state index contributed by atoms with van der Waals surface area (Å²) in [5.41, 5.74) is 7.66. The summed E-state index contributed by atoms with van der Waals surface area (Å²) < 4.78 is 5.71. The minimum absolute atomic E-state index is 0.231. The van der Waals surface area contributed by atoms with Crippen molar-refractivity contribution in [3.8, 4) is 5.75 Å². The Hall–Kier alpha value is -3.31. The molecule has 0 aliphatic carbocycles. The number of rotatable bonds is 6. The van der Waals surface area contributed by atoms with E-state index in [1.165, 1.54) is 0 Å². The van der Waals surface area contributed by atoms with E-state index in [2.05, 4.69) is 5.32 Å². The maximum Gasteiger partial charge on any atom is 0.255 e. The molecule has 3 aromatic rings. The first kappa shape index (κ1) is 18.5. The molecule has 0 radical (unpaired) electrons. The normalized spacial score (nSPS) is 10.3. The smallest absolute Gasteiger partial charge is 0.255 e. The number of carbonyl (C=O) groups excluding carboxylic acids is 2. The Balaban J connectivity index is 1.68. The third-order valence-electron chi connectivity index (χ3n) is 3.84. The van der Waals surface area contributed by atoms with Crippen LogP contribution >= 0.6 is 11.6 Å². The van der Waals surface area contributed by atoms with E-state index >= 15 is 0 Å². The van der Waals surface area contributed by atoms with Crippen LogP contribution in [0, 0.1) is 0 Å². The molecule has 27 heavy (non-hydrogen) atoms. The lowest BCUT2D eigenvalue weighted by atomic mass is 10.1. The number of hydrogen-bond acceptors (Lipinski definition) is 3. The molecular formula is C21H17ClN2O3. The Morgan fingerprint density at radius 3 is 2.44 bits per heavy atom. The second kappa shape index (κ2) is 8.38. The predicted molar refractivity (Wildman–Crippen MR) is 105 cm³/mol. The molecular weight excluding hydrogens is 364 g/mol. The summed E-state index contributed by atoms with van der Waals surface area (Å²) in [6.07, 6.45) is 0. The number of primary amides is 1. The van der Waals surface area contributed by atoms with E-state index in [4.69, 9.17) is 22.1 Å². The molecule has 5 nitrogen and oxygen atoms in total. The van der Waals surface area contributed by atoms with Crippen LogP contribution in [0.25, 0.3) is 0 Å². The fourth-order valence-electron chi connectivity index (χ4n) is 2.50. The minimum atomic E-state index is -0.547. The molecule has 0 spiro atoms. The fraction of sp³-hybridized carbons (Fsp3) is 0.0476. The summed E-state index contributed by atoms with van der Waals surface area (Å²) in [5.74, 6) is -0.362. The van der Waals surface area contributed by atoms with E-state index in [1.54, 1.807) is 60.7 Å². The summed E-state index contributed by atoms with van der Waals surface area (Å²) in [6, 6.07) is 20.7. The van der Waals surface area contributed by atoms with Gasteiger partial charge in [-0.15, -0.1) is 0 Å². The van der Waals surface area contributed by atoms with E-state index in [0.29, 0.717) is 27.6 Å². The Bertz CT molecular complexity index is 971. The molecule has 0 saturated heterocycles. The number of ether oxygens (including phenoxy) is 1. The molecule has 136 valence electrons. The summed E-state index contributed by atoms with van der Waals surface area (Å²) in [5, 5.41) is 3.41. The average molecular weight is 381 g/mol. The highest BCUT2D eigenvalue weighted by Crippen LogP contribution is 2.20. The molecule has 0 aliphatic heterocycles. The van der Waals surface area contributed by atoms with Crippen molar-refractivity contribution in [2.24, 2.45) is 5.73 Å². The van der Waals surface area contributed by atoms with Crippen molar-refractivity contribution in [1.82, 2.24) is 0 Å². The van der Waals surface area contributed by atoms with Crippen molar-refractivity contribution >= 4 is 29.1 Å². The number of halogens is 1. The molecule has 3 rings (SSSR count). The van der Waals surface area contributed by atoms with Gasteiger partial charge in [-0.05, 0) is 54.1 Å². The standard InChI is InChI=1S/C21H17ClN2O3/c22-16-10-8-15(9-11-16)21(26)24-17-5-3-4-14(12-17)13-27-19-7-2-1-6-18(19)20(23)25/h1-12H,13H2,(H2,23,25)(H,24,26). The molecule has 3 aromatic carbocycles. The molecule has 0 aliphatic rings. The minimum Gasteiger partial charge on any atom is -0.488 e. The van der Waals surface area contributed by atoms with Gasteiger partial charge in [0.1, 0.15) is 12.4 Å². The molecule has 0 bridgehead atoms. The van der Waals surface area contributed by atoms with Crippen LogP contribution in [-0.2, 0) is 6.61 Å². The summed E-state index contributed by atoms with van der Waals surface area (Å²) in [7, 11) is 0. The van der Waals surface area contributed by atoms with Gasteiger partial charge in [0.15, 0.2) is 0 Å². The molecule has 0 aromatic heterocycles. The summed E-state index contributed by atoms with van der Waals surface area (Å²) >= 11 is 5.84. The van der Waals surface area contributed by atoms with Crippen LogP contribution in [-0.4, -0.2) is 11.8 Å². The van der Waals surface area contributed by atoms with Crippen LogP contribution in [0.2, 0.25) is 5.02 Å². The average Bonchev–Trinajstić information content (AvgIpc) is 2.67. The summed E-state index contributed by atoms with van der Waals surface area (Å²) in [4.78, 5) is 23.7. The van der Waals surface area contributed by atoms with Crippen molar-refractivity contribution in [2.45, 2.75) is 6.61 Å².